The van der Waals surface area contributed by atoms with E-state index in [2.05, 4.69) is 12.2 Å². The van der Waals surface area contributed by atoms with Crippen LogP contribution in [0, 0.1) is 5.41 Å². The Morgan fingerprint density at radius 3 is 2.44 bits per heavy atom. The van der Waals surface area contributed by atoms with E-state index in [9.17, 15) is 13.2 Å². The lowest BCUT2D eigenvalue weighted by molar-refractivity contribution is -0.149. The molecule has 0 amide bonds. The van der Waals surface area contributed by atoms with Crippen molar-refractivity contribution in [2.75, 3.05) is 32.7 Å². The van der Waals surface area contributed by atoms with Crippen molar-refractivity contribution >= 4 is 0 Å². The highest BCUT2D eigenvalue weighted by atomic mass is 19.4. The van der Waals surface area contributed by atoms with E-state index in [0.717, 1.165) is 38.8 Å². The molecule has 0 aromatic rings. The smallest absolute Gasteiger partial charge is 0.316 e. The fourth-order valence-corrected chi connectivity index (χ4v) is 3.00. The molecule has 1 rings (SSSR count). The monoisotopic (exact) mass is 266 g/mol. The van der Waals surface area contributed by atoms with E-state index in [1.165, 1.54) is 0 Å². The second kappa shape index (κ2) is 6.75. The van der Waals surface area contributed by atoms with Crippen LogP contribution in [0.3, 0.4) is 0 Å². The molecule has 0 radical (unpaired) electrons. The van der Waals surface area contributed by atoms with E-state index in [4.69, 9.17) is 0 Å². The maximum absolute atomic E-state index is 12.5. The zero-order valence-corrected chi connectivity index (χ0v) is 11.4. The normalized spacial score (nSPS) is 25.7. The zero-order valence-electron chi connectivity index (χ0n) is 11.4. The summed E-state index contributed by atoms with van der Waals surface area (Å²) in [5, 5.41) is 3.34. The standard InChI is InChI=1S/C13H25F3N2/c1-3-6-12(7-5-8-17-9-12)10-18(4-2)11-13(14,15)16/h17H,3-11H2,1-2H3. The molecule has 1 N–H and O–H groups in total. The van der Waals surface area contributed by atoms with Gasteiger partial charge in [-0.25, -0.2) is 0 Å². The number of nitrogens with one attached hydrogen (secondary N) is 1. The zero-order chi connectivity index (χ0) is 13.6. The van der Waals surface area contributed by atoms with E-state index in [1.807, 2.05) is 6.92 Å². The fourth-order valence-electron chi connectivity index (χ4n) is 3.00. The lowest BCUT2D eigenvalue weighted by atomic mass is 9.76. The molecular weight excluding hydrogens is 241 g/mol. The maximum atomic E-state index is 12.5. The Labute approximate surface area is 108 Å². The van der Waals surface area contributed by atoms with Crippen molar-refractivity contribution in [3.05, 3.63) is 0 Å². The molecule has 1 heterocycles. The fraction of sp³-hybridized carbons (Fsp3) is 1.00. The molecule has 0 aromatic heterocycles. The summed E-state index contributed by atoms with van der Waals surface area (Å²) < 4.78 is 37.5. The minimum atomic E-state index is -4.09. The quantitative estimate of drug-likeness (QED) is 0.795. The van der Waals surface area contributed by atoms with Crippen LogP contribution in [-0.2, 0) is 0 Å². The first-order valence-electron chi connectivity index (χ1n) is 6.90. The van der Waals surface area contributed by atoms with Gasteiger partial charge in [-0.15, -0.1) is 0 Å². The van der Waals surface area contributed by atoms with Gasteiger partial charge in [0.1, 0.15) is 0 Å². The second-order valence-corrected chi connectivity index (χ2v) is 5.45. The molecule has 5 heteroatoms. The van der Waals surface area contributed by atoms with Gasteiger partial charge in [0.15, 0.2) is 0 Å². The molecule has 18 heavy (non-hydrogen) atoms. The number of piperidine rings is 1. The number of nitrogens with zero attached hydrogens (tertiary/aromatic N) is 1. The Balaban J connectivity index is 2.62. The van der Waals surface area contributed by atoms with Crippen molar-refractivity contribution in [2.24, 2.45) is 5.41 Å². The summed E-state index contributed by atoms with van der Waals surface area (Å²) in [7, 11) is 0. The highest BCUT2D eigenvalue weighted by Gasteiger charge is 2.36. The predicted molar refractivity (Wildman–Crippen MR) is 67.6 cm³/mol. The van der Waals surface area contributed by atoms with Gasteiger partial charge >= 0.3 is 6.18 Å². The van der Waals surface area contributed by atoms with E-state index < -0.39 is 12.7 Å². The SMILES string of the molecule is CCCC1(CN(CC)CC(F)(F)F)CCCNC1. The third kappa shape index (κ3) is 5.14. The van der Waals surface area contributed by atoms with Crippen molar-refractivity contribution in [2.45, 2.75) is 45.7 Å². The van der Waals surface area contributed by atoms with Gasteiger partial charge in [-0.2, -0.15) is 13.2 Å². The molecule has 0 aliphatic carbocycles. The minimum absolute atomic E-state index is 0.0360. The van der Waals surface area contributed by atoms with Crippen LogP contribution in [0.4, 0.5) is 13.2 Å². The van der Waals surface area contributed by atoms with Gasteiger partial charge in [-0.3, -0.25) is 4.90 Å². The second-order valence-electron chi connectivity index (χ2n) is 5.45. The van der Waals surface area contributed by atoms with Crippen molar-refractivity contribution in [3.8, 4) is 0 Å². The largest absolute Gasteiger partial charge is 0.401 e. The molecule has 0 bridgehead atoms. The van der Waals surface area contributed by atoms with Crippen molar-refractivity contribution < 1.29 is 13.2 Å². The van der Waals surface area contributed by atoms with E-state index in [-0.39, 0.29) is 5.41 Å². The molecule has 1 aliphatic heterocycles. The average Bonchev–Trinajstić information content (AvgIpc) is 2.28. The molecule has 1 fully saturated rings. The van der Waals surface area contributed by atoms with E-state index >= 15 is 0 Å². The van der Waals surface area contributed by atoms with Crippen LogP contribution >= 0.6 is 0 Å². The Hall–Kier alpha value is -0.290. The average molecular weight is 266 g/mol. The van der Waals surface area contributed by atoms with Crippen LogP contribution in [0.5, 0.6) is 0 Å². The van der Waals surface area contributed by atoms with E-state index in [1.54, 1.807) is 4.90 Å². The number of hydrogen-bond acceptors (Lipinski definition) is 2. The first-order chi connectivity index (χ1) is 8.41. The van der Waals surface area contributed by atoms with Crippen molar-refractivity contribution in [1.82, 2.24) is 10.2 Å². The Kier molecular flexibility index (Phi) is 5.92. The minimum Gasteiger partial charge on any atom is -0.316 e. The van der Waals surface area contributed by atoms with Gasteiger partial charge in [0.05, 0.1) is 6.54 Å². The highest BCUT2D eigenvalue weighted by Crippen LogP contribution is 2.33. The van der Waals surface area contributed by atoms with Gasteiger partial charge in [-0.05, 0) is 37.8 Å². The summed E-state index contributed by atoms with van der Waals surface area (Å²) in [6.07, 6.45) is 0.0664. The molecule has 1 saturated heterocycles. The molecule has 1 atom stereocenters. The third-order valence-electron chi connectivity index (χ3n) is 3.75. The molecule has 2 nitrogen and oxygen atoms in total. The van der Waals surface area contributed by atoms with Gasteiger partial charge in [-0.1, -0.05) is 20.3 Å². The summed E-state index contributed by atoms with van der Waals surface area (Å²) in [5.74, 6) is 0. The van der Waals surface area contributed by atoms with E-state index in [0.29, 0.717) is 13.1 Å². The van der Waals surface area contributed by atoms with Gasteiger partial charge < -0.3 is 5.32 Å². The lowest BCUT2D eigenvalue weighted by Crippen LogP contribution is -2.49. The van der Waals surface area contributed by atoms with Crippen LogP contribution in [0.2, 0.25) is 0 Å². The van der Waals surface area contributed by atoms with Gasteiger partial charge in [0.2, 0.25) is 0 Å². The molecule has 0 spiro atoms. The summed E-state index contributed by atoms with van der Waals surface area (Å²) in [4.78, 5) is 1.54. The van der Waals surface area contributed by atoms with Crippen molar-refractivity contribution in [3.63, 3.8) is 0 Å². The molecule has 108 valence electrons. The van der Waals surface area contributed by atoms with Crippen LogP contribution in [0.1, 0.15) is 39.5 Å². The summed E-state index contributed by atoms with van der Waals surface area (Å²) in [5.41, 5.74) is 0.0360. The van der Waals surface area contributed by atoms with Crippen molar-refractivity contribution in [1.29, 1.82) is 0 Å². The lowest BCUT2D eigenvalue weighted by Gasteiger charge is -2.41. The molecule has 0 aromatic carbocycles. The number of halogens is 3. The first-order valence-corrected chi connectivity index (χ1v) is 6.90. The summed E-state index contributed by atoms with van der Waals surface area (Å²) in [6, 6.07) is 0. The molecular formula is C13H25F3N2. The topological polar surface area (TPSA) is 15.3 Å². The molecule has 1 unspecified atom stereocenters. The van der Waals surface area contributed by atoms with Crippen LogP contribution < -0.4 is 5.32 Å². The Morgan fingerprint density at radius 2 is 2.00 bits per heavy atom. The predicted octanol–water partition coefficient (Wildman–Crippen LogP) is 3.04. The van der Waals surface area contributed by atoms with Gasteiger partial charge in [0, 0.05) is 13.1 Å². The highest BCUT2D eigenvalue weighted by molar-refractivity contribution is 4.88. The molecule has 1 aliphatic rings. The first kappa shape index (κ1) is 15.8. The van der Waals surface area contributed by atoms with Gasteiger partial charge in [0.25, 0.3) is 0 Å². The van der Waals surface area contributed by atoms with Crippen LogP contribution in [0.25, 0.3) is 0 Å². The summed E-state index contributed by atoms with van der Waals surface area (Å²) >= 11 is 0. The van der Waals surface area contributed by atoms with Crippen LogP contribution in [-0.4, -0.2) is 43.8 Å². The number of hydrogen-bond donors (Lipinski definition) is 1. The van der Waals surface area contributed by atoms with Crippen LogP contribution in [0.15, 0.2) is 0 Å². The molecule has 0 saturated carbocycles. The number of rotatable bonds is 6. The summed E-state index contributed by atoms with van der Waals surface area (Å²) in [6.45, 7) is 6.01. The maximum Gasteiger partial charge on any atom is 0.401 e. The third-order valence-corrected chi connectivity index (χ3v) is 3.75. The number of alkyl halides is 3. The Morgan fingerprint density at radius 1 is 1.28 bits per heavy atom. The Bertz CT molecular complexity index is 229.